The minimum absolute atomic E-state index is 0.0326. The number of halogens is 1. The number of amides is 2. The van der Waals surface area contributed by atoms with Gasteiger partial charge in [-0.25, -0.2) is 0 Å². The maximum atomic E-state index is 12.8. The molecule has 0 aromatic heterocycles. The number of nitrogens with one attached hydrogen (secondary N) is 1. The average molecular weight is 401 g/mol. The number of hydrogen-bond acceptors (Lipinski definition) is 4. The predicted octanol–water partition coefficient (Wildman–Crippen LogP) is 3.53. The Morgan fingerprint density at radius 1 is 1.18 bits per heavy atom. The van der Waals surface area contributed by atoms with E-state index in [1.165, 1.54) is 7.11 Å². The largest absolute Gasteiger partial charge is 0.495 e. The molecule has 2 aromatic rings. The number of carbonyl (C=O) groups is 2. The molecule has 2 aliphatic heterocycles. The minimum Gasteiger partial charge on any atom is -0.495 e. The molecular formula is C21H21ClN2O4. The zero-order chi connectivity index (χ0) is 19.7. The third-order valence-electron chi connectivity index (χ3n) is 5.09. The lowest BCUT2D eigenvalue weighted by Crippen LogP contribution is -2.32. The van der Waals surface area contributed by atoms with Crippen molar-refractivity contribution < 1.29 is 19.1 Å². The molecule has 2 amide bonds. The van der Waals surface area contributed by atoms with Gasteiger partial charge in [0, 0.05) is 30.1 Å². The lowest BCUT2D eigenvalue weighted by atomic mass is 10.1. The summed E-state index contributed by atoms with van der Waals surface area (Å²) in [6.07, 6.45) is 1.83. The molecule has 0 spiro atoms. The molecule has 4 rings (SSSR count). The van der Waals surface area contributed by atoms with Crippen LogP contribution in [0.3, 0.4) is 0 Å². The van der Waals surface area contributed by atoms with E-state index in [4.69, 9.17) is 21.1 Å². The van der Waals surface area contributed by atoms with Gasteiger partial charge in [0.2, 0.25) is 0 Å². The first-order valence-electron chi connectivity index (χ1n) is 9.28. The van der Waals surface area contributed by atoms with Crippen molar-refractivity contribution in [3.63, 3.8) is 0 Å². The van der Waals surface area contributed by atoms with Crippen molar-refractivity contribution in [3.8, 4) is 11.5 Å². The fraction of sp³-hybridized carbons (Fsp3) is 0.333. The number of fused-ring (bicyclic) bond motifs is 1. The van der Waals surface area contributed by atoms with Crippen LogP contribution in [0.4, 0.5) is 5.69 Å². The third-order valence-corrected chi connectivity index (χ3v) is 5.32. The first kappa shape index (κ1) is 18.6. The number of methoxy groups -OCH3 is 1. The Morgan fingerprint density at radius 2 is 1.96 bits per heavy atom. The molecule has 2 aromatic carbocycles. The van der Waals surface area contributed by atoms with Crippen LogP contribution in [0.25, 0.3) is 0 Å². The van der Waals surface area contributed by atoms with Crippen LogP contribution in [-0.2, 0) is 11.2 Å². The summed E-state index contributed by atoms with van der Waals surface area (Å²) in [7, 11) is 1.52. The van der Waals surface area contributed by atoms with Crippen molar-refractivity contribution in [3.05, 3.63) is 52.5 Å². The SMILES string of the molecule is COc1ccc(C(=O)N2CCCC2)cc1NC(=O)[C@H]1Cc2cc(Cl)ccc2O1. The fourth-order valence-electron chi connectivity index (χ4n) is 3.62. The Kier molecular flexibility index (Phi) is 5.13. The van der Waals surface area contributed by atoms with E-state index >= 15 is 0 Å². The summed E-state index contributed by atoms with van der Waals surface area (Å²) in [4.78, 5) is 27.2. The molecule has 1 atom stereocenters. The first-order chi connectivity index (χ1) is 13.5. The molecule has 0 unspecified atom stereocenters. The predicted molar refractivity (Wildman–Crippen MR) is 106 cm³/mol. The van der Waals surface area contributed by atoms with E-state index in [0.717, 1.165) is 31.5 Å². The van der Waals surface area contributed by atoms with Crippen LogP contribution < -0.4 is 14.8 Å². The third kappa shape index (κ3) is 3.64. The Balaban J connectivity index is 1.51. The zero-order valence-electron chi connectivity index (χ0n) is 15.5. The van der Waals surface area contributed by atoms with Crippen LogP contribution in [0.15, 0.2) is 36.4 Å². The Labute approximate surface area is 168 Å². The normalized spacial score (nSPS) is 17.8. The number of anilines is 1. The lowest BCUT2D eigenvalue weighted by Gasteiger charge is -2.18. The lowest BCUT2D eigenvalue weighted by molar-refractivity contribution is -0.122. The molecule has 1 saturated heterocycles. The Hall–Kier alpha value is -2.73. The highest BCUT2D eigenvalue weighted by atomic mass is 35.5. The van der Waals surface area contributed by atoms with E-state index in [9.17, 15) is 9.59 Å². The molecule has 1 N–H and O–H groups in total. The second kappa shape index (κ2) is 7.72. The van der Waals surface area contributed by atoms with Crippen molar-refractivity contribution in [1.82, 2.24) is 4.90 Å². The van der Waals surface area contributed by atoms with Gasteiger partial charge in [0.25, 0.3) is 11.8 Å². The zero-order valence-corrected chi connectivity index (χ0v) is 16.3. The highest BCUT2D eigenvalue weighted by Gasteiger charge is 2.30. The first-order valence-corrected chi connectivity index (χ1v) is 9.66. The minimum atomic E-state index is -0.656. The summed E-state index contributed by atoms with van der Waals surface area (Å²) in [5.74, 6) is 0.825. The molecule has 28 heavy (non-hydrogen) atoms. The topological polar surface area (TPSA) is 67.9 Å². The Morgan fingerprint density at radius 3 is 2.71 bits per heavy atom. The summed E-state index contributed by atoms with van der Waals surface area (Å²) >= 11 is 6.01. The molecular weight excluding hydrogens is 380 g/mol. The molecule has 2 aliphatic rings. The molecule has 1 fully saturated rings. The summed E-state index contributed by atoms with van der Waals surface area (Å²) in [6.45, 7) is 1.53. The molecule has 6 nitrogen and oxygen atoms in total. The highest BCUT2D eigenvalue weighted by Crippen LogP contribution is 2.32. The van der Waals surface area contributed by atoms with Crippen molar-refractivity contribution in [1.29, 1.82) is 0 Å². The van der Waals surface area contributed by atoms with Gasteiger partial charge in [-0.15, -0.1) is 0 Å². The summed E-state index contributed by atoms with van der Waals surface area (Å²) in [5, 5.41) is 3.46. The average Bonchev–Trinajstić information content (AvgIpc) is 3.37. The van der Waals surface area contributed by atoms with E-state index in [2.05, 4.69) is 5.32 Å². The van der Waals surface area contributed by atoms with E-state index in [0.29, 0.717) is 34.2 Å². The number of nitrogens with zero attached hydrogens (tertiary/aromatic N) is 1. The van der Waals surface area contributed by atoms with E-state index in [1.807, 2.05) is 4.90 Å². The van der Waals surface area contributed by atoms with Gasteiger partial charge in [-0.1, -0.05) is 11.6 Å². The number of rotatable bonds is 4. The molecule has 2 heterocycles. The Bertz CT molecular complexity index is 925. The molecule has 146 valence electrons. The number of carbonyl (C=O) groups excluding carboxylic acids is 2. The van der Waals surface area contributed by atoms with Gasteiger partial charge in [-0.05, 0) is 54.8 Å². The van der Waals surface area contributed by atoms with Crippen LogP contribution in [0.2, 0.25) is 5.02 Å². The summed E-state index contributed by atoms with van der Waals surface area (Å²) < 4.78 is 11.1. The van der Waals surface area contributed by atoms with Gasteiger partial charge in [0.05, 0.1) is 12.8 Å². The van der Waals surface area contributed by atoms with Crippen LogP contribution >= 0.6 is 11.6 Å². The van der Waals surface area contributed by atoms with Crippen molar-refractivity contribution in [2.45, 2.75) is 25.4 Å². The van der Waals surface area contributed by atoms with Crippen LogP contribution in [0.5, 0.6) is 11.5 Å². The van der Waals surface area contributed by atoms with Crippen LogP contribution in [-0.4, -0.2) is 43.0 Å². The van der Waals surface area contributed by atoms with Crippen molar-refractivity contribution in [2.24, 2.45) is 0 Å². The van der Waals surface area contributed by atoms with Crippen LogP contribution in [0, 0.1) is 0 Å². The molecule has 0 radical (unpaired) electrons. The summed E-state index contributed by atoms with van der Waals surface area (Å²) in [5.41, 5.74) is 1.88. The number of likely N-dealkylation sites (tertiary alicyclic amines) is 1. The fourth-order valence-corrected chi connectivity index (χ4v) is 3.81. The standard InChI is InChI=1S/C21H21ClN2O4/c1-27-18-6-4-13(21(26)24-8-2-3-9-24)11-16(18)23-20(25)19-12-14-10-15(22)5-7-17(14)28-19/h4-7,10-11,19H,2-3,8-9,12H2,1H3,(H,23,25)/t19-/m1/s1. The molecule has 0 saturated carbocycles. The van der Waals surface area contributed by atoms with Crippen molar-refractivity contribution in [2.75, 3.05) is 25.5 Å². The van der Waals surface area contributed by atoms with E-state index in [1.54, 1.807) is 36.4 Å². The molecule has 0 aliphatic carbocycles. The van der Waals surface area contributed by atoms with Gasteiger partial charge < -0.3 is 19.7 Å². The maximum absolute atomic E-state index is 12.8. The summed E-state index contributed by atoms with van der Waals surface area (Å²) in [6, 6.07) is 10.4. The van der Waals surface area contributed by atoms with Gasteiger partial charge in [0.1, 0.15) is 11.5 Å². The van der Waals surface area contributed by atoms with Gasteiger partial charge in [-0.2, -0.15) is 0 Å². The van der Waals surface area contributed by atoms with Gasteiger partial charge in [-0.3, -0.25) is 9.59 Å². The highest BCUT2D eigenvalue weighted by molar-refractivity contribution is 6.30. The quantitative estimate of drug-likeness (QED) is 0.852. The number of ether oxygens (including phenoxy) is 2. The smallest absolute Gasteiger partial charge is 0.265 e. The van der Waals surface area contributed by atoms with Crippen LogP contribution in [0.1, 0.15) is 28.8 Å². The molecule has 0 bridgehead atoms. The van der Waals surface area contributed by atoms with Gasteiger partial charge >= 0.3 is 0 Å². The van der Waals surface area contributed by atoms with Gasteiger partial charge in [0.15, 0.2) is 6.10 Å². The molecule has 7 heteroatoms. The van der Waals surface area contributed by atoms with Crippen molar-refractivity contribution >= 4 is 29.1 Å². The second-order valence-corrected chi connectivity index (χ2v) is 7.40. The van der Waals surface area contributed by atoms with E-state index < -0.39 is 6.10 Å². The maximum Gasteiger partial charge on any atom is 0.265 e. The number of hydrogen-bond donors (Lipinski definition) is 1. The monoisotopic (exact) mass is 400 g/mol. The second-order valence-electron chi connectivity index (χ2n) is 6.97. The van der Waals surface area contributed by atoms with E-state index in [-0.39, 0.29) is 11.8 Å². The number of benzene rings is 2.